The summed E-state index contributed by atoms with van der Waals surface area (Å²) in [4.78, 5) is 33.2. The summed E-state index contributed by atoms with van der Waals surface area (Å²) in [5.74, 6) is 0.164. The molecule has 1 fully saturated rings. The summed E-state index contributed by atoms with van der Waals surface area (Å²) in [6, 6.07) is 11.1. The number of esters is 1. The minimum Gasteiger partial charge on any atom is -0.459 e. The number of ether oxygens (including phenoxy) is 2. The zero-order valence-electron chi connectivity index (χ0n) is 21.2. The Labute approximate surface area is 215 Å². The minimum absolute atomic E-state index is 0.0228. The van der Waals surface area contributed by atoms with Gasteiger partial charge in [-0.1, -0.05) is 6.08 Å². The molecular weight excluding hydrogens is 472 g/mol. The minimum atomic E-state index is -0.293. The molecule has 10 heteroatoms. The quantitative estimate of drug-likeness (QED) is 0.504. The molecule has 4 heterocycles. The van der Waals surface area contributed by atoms with Crippen LogP contribution >= 0.6 is 0 Å². The fourth-order valence-corrected chi connectivity index (χ4v) is 4.65. The van der Waals surface area contributed by atoms with Gasteiger partial charge in [0.1, 0.15) is 6.10 Å². The van der Waals surface area contributed by atoms with E-state index >= 15 is 0 Å². The third-order valence-electron chi connectivity index (χ3n) is 6.76. The molecule has 0 radical (unpaired) electrons. The monoisotopic (exact) mass is 504 g/mol. The average molecular weight is 505 g/mol. The number of rotatable bonds is 6. The number of anilines is 2. The van der Waals surface area contributed by atoms with Crippen molar-refractivity contribution >= 4 is 34.9 Å². The first kappa shape index (κ1) is 24.8. The lowest BCUT2D eigenvalue weighted by Gasteiger charge is -2.28. The van der Waals surface area contributed by atoms with E-state index in [4.69, 9.17) is 14.5 Å². The van der Waals surface area contributed by atoms with Crippen LogP contribution in [0.15, 0.2) is 48.7 Å². The van der Waals surface area contributed by atoms with Crippen LogP contribution in [0.5, 0.6) is 0 Å². The number of benzene rings is 1. The van der Waals surface area contributed by atoms with E-state index in [2.05, 4.69) is 22.4 Å². The molecule has 0 spiro atoms. The van der Waals surface area contributed by atoms with Crippen molar-refractivity contribution < 1.29 is 19.1 Å². The number of aromatic nitrogens is 3. The van der Waals surface area contributed by atoms with E-state index in [-0.39, 0.29) is 18.2 Å². The molecule has 0 unspecified atom stereocenters. The van der Waals surface area contributed by atoms with Gasteiger partial charge in [0.05, 0.1) is 12.2 Å². The largest absolute Gasteiger partial charge is 0.459 e. The standard InChI is InChI=1S/C27H32N6O4/c1-3-36-27(35)32-17-10-19(11-18-32)23-5-4-14-33-24(23)29-26(30-33)28-21-8-6-20(7-9-21)25(34)37-22-12-15-31(2)16-13-22/h4-10,14,22H,3,11-13,15-18H2,1-2H3,(H,28,30). The Morgan fingerprint density at radius 1 is 1.11 bits per heavy atom. The van der Waals surface area contributed by atoms with Crippen LogP contribution in [0.25, 0.3) is 11.2 Å². The van der Waals surface area contributed by atoms with Crippen LogP contribution in [0.4, 0.5) is 16.4 Å². The lowest BCUT2D eigenvalue weighted by Crippen LogP contribution is -2.35. The Bertz CT molecular complexity index is 1290. The number of carbonyl (C=O) groups excluding carboxylic acids is 2. The number of likely N-dealkylation sites (tertiary alicyclic amines) is 1. The van der Waals surface area contributed by atoms with Gasteiger partial charge in [0, 0.05) is 43.6 Å². The van der Waals surface area contributed by atoms with Crippen LogP contribution in [0.1, 0.15) is 42.1 Å². The van der Waals surface area contributed by atoms with E-state index in [1.165, 1.54) is 0 Å². The number of fused-ring (bicyclic) bond motifs is 1. The van der Waals surface area contributed by atoms with E-state index < -0.39 is 0 Å². The first-order chi connectivity index (χ1) is 18.0. The Kier molecular flexibility index (Phi) is 7.36. The van der Waals surface area contributed by atoms with E-state index in [1.807, 2.05) is 36.5 Å². The molecule has 0 atom stereocenters. The predicted octanol–water partition coefficient (Wildman–Crippen LogP) is 3.97. The van der Waals surface area contributed by atoms with Crippen molar-refractivity contribution in [2.24, 2.45) is 0 Å². The molecule has 2 aromatic heterocycles. The molecule has 0 saturated carbocycles. The average Bonchev–Trinajstić information content (AvgIpc) is 3.33. The van der Waals surface area contributed by atoms with Gasteiger partial charge in [0.15, 0.2) is 5.65 Å². The maximum Gasteiger partial charge on any atom is 0.410 e. The second kappa shape index (κ2) is 11.0. The van der Waals surface area contributed by atoms with Gasteiger partial charge in [-0.05, 0) is 75.2 Å². The second-order valence-corrected chi connectivity index (χ2v) is 9.36. The normalized spacial score (nSPS) is 16.9. The number of pyridine rings is 1. The second-order valence-electron chi connectivity index (χ2n) is 9.36. The zero-order valence-corrected chi connectivity index (χ0v) is 21.2. The smallest absolute Gasteiger partial charge is 0.410 e. The summed E-state index contributed by atoms with van der Waals surface area (Å²) >= 11 is 0. The molecule has 1 amide bonds. The summed E-state index contributed by atoms with van der Waals surface area (Å²) < 4.78 is 12.5. The van der Waals surface area contributed by atoms with Crippen molar-refractivity contribution in [1.29, 1.82) is 0 Å². The number of nitrogens with one attached hydrogen (secondary N) is 1. The van der Waals surface area contributed by atoms with Crippen LogP contribution in [0.3, 0.4) is 0 Å². The molecule has 194 valence electrons. The van der Waals surface area contributed by atoms with Gasteiger partial charge in [-0.25, -0.2) is 14.1 Å². The lowest BCUT2D eigenvalue weighted by molar-refractivity contribution is 0.0139. The van der Waals surface area contributed by atoms with Gasteiger partial charge < -0.3 is 24.6 Å². The van der Waals surface area contributed by atoms with E-state index in [0.717, 1.165) is 48.4 Å². The summed E-state index contributed by atoms with van der Waals surface area (Å²) in [6.07, 6.45) is 6.03. The molecule has 3 aromatic rings. The zero-order chi connectivity index (χ0) is 25.8. The Morgan fingerprint density at radius 3 is 2.59 bits per heavy atom. The number of nitrogens with zero attached hydrogens (tertiary/aromatic N) is 5. The maximum atomic E-state index is 12.5. The topological polar surface area (TPSA) is 101 Å². The molecule has 2 aliphatic heterocycles. The van der Waals surface area contributed by atoms with Gasteiger partial charge in [-0.15, -0.1) is 5.10 Å². The Balaban J connectivity index is 1.25. The molecule has 1 N–H and O–H groups in total. The SMILES string of the molecule is CCOC(=O)N1CC=C(c2cccn3nc(Nc4ccc(C(=O)OC5CCN(C)CC5)cc4)nc23)CC1. The Morgan fingerprint density at radius 2 is 1.89 bits per heavy atom. The van der Waals surface area contributed by atoms with Crippen molar-refractivity contribution in [1.82, 2.24) is 24.4 Å². The third-order valence-corrected chi connectivity index (χ3v) is 6.76. The molecule has 1 saturated heterocycles. The van der Waals surface area contributed by atoms with Crippen molar-refractivity contribution in [2.75, 3.05) is 45.2 Å². The molecular formula is C27H32N6O4. The molecule has 10 nitrogen and oxygen atoms in total. The van der Waals surface area contributed by atoms with Crippen LogP contribution in [-0.4, -0.2) is 82.4 Å². The van der Waals surface area contributed by atoms with Gasteiger partial charge in [-0.3, -0.25) is 0 Å². The van der Waals surface area contributed by atoms with Crippen LogP contribution < -0.4 is 5.32 Å². The number of amides is 1. The van der Waals surface area contributed by atoms with E-state index in [9.17, 15) is 9.59 Å². The highest BCUT2D eigenvalue weighted by atomic mass is 16.6. The summed E-state index contributed by atoms with van der Waals surface area (Å²) in [5.41, 5.74) is 4.14. The van der Waals surface area contributed by atoms with Gasteiger partial charge >= 0.3 is 12.1 Å². The molecule has 37 heavy (non-hydrogen) atoms. The molecule has 0 bridgehead atoms. The summed E-state index contributed by atoms with van der Waals surface area (Å²) in [6.45, 7) is 5.15. The van der Waals surface area contributed by atoms with Crippen molar-refractivity contribution in [3.05, 3.63) is 59.8 Å². The van der Waals surface area contributed by atoms with Gasteiger partial charge in [0.2, 0.25) is 5.95 Å². The molecule has 1 aromatic carbocycles. The highest BCUT2D eigenvalue weighted by Gasteiger charge is 2.22. The number of hydrogen-bond donors (Lipinski definition) is 1. The maximum absolute atomic E-state index is 12.5. The highest BCUT2D eigenvalue weighted by molar-refractivity contribution is 5.90. The predicted molar refractivity (Wildman–Crippen MR) is 140 cm³/mol. The van der Waals surface area contributed by atoms with Crippen LogP contribution in [0.2, 0.25) is 0 Å². The first-order valence-electron chi connectivity index (χ1n) is 12.7. The lowest BCUT2D eigenvalue weighted by atomic mass is 10.0. The van der Waals surface area contributed by atoms with Crippen molar-refractivity contribution in [2.45, 2.75) is 32.3 Å². The number of piperidine rings is 1. The summed E-state index contributed by atoms with van der Waals surface area (Å²) in [5, 5.41) is 7.78. The van der Waals surface area contributed by atoms with Gasteiger partial charge in [0.25, 0.3) is 0 Å². The number of carbonyl (C=O) groups is 2. The van der Waals surface area contributed by atoms with Crippen LogP contribution in [-0.2, 0) is 9.47 Å². The van der Waals surface area contributed by atoms with E-state index in [0.29, 0.717) is 37.6 Å². The molecule has 2 aliphatic rings. The van der Waals surface area contributed by atoms with Crippen molar-refractivity contribution in [3.8, 4) is 0 Å². The van der Waals surface area contributed by atoms with Crippen LogP contribution in [0, 0.1) is 0 Å². The molecule has 0 aliphatic carbocycles. The van der Waals surface area contributed by atoms with Gasteiger partial charge in [-0.2, -0.15) is 4.98 Å². The number of hydrogen-bond acceptors (Lipinski definition) is 8. The summed E-state index contributed by atoms with van der Waals surface area (Å²) in [7, 11) is 2.08. The third kappa shape index (κ3) is 5.75. The first-order valence-corrected chi connectivity index (χ1v) is 12.7. The van der Waals surface area contributed by atoms with E-state index in [1.54, 1.807) is 28.5 Å². The Hall–Kier alpha value is -3.92. The van der Waals surface area contributed by atoms with Crippen molar-refractivity contribution in [3.63, 3.8) is 0 Å². The fourth-order valence-electron chi connectivity index (χ4n) is 4.65. The highest BCUT2D eigenvalue weighted by Crippen LogP contribution is 2.27. The fraction of sp³-hybridized carbons (Fsp3) is 0.407. The molecule has 5 rings (SSSR count).